The summed E-state index contributed by atoms with van der Waals surface area (Å²) in [5.41, 5.74) is 2.38. The summed E-state index contributed by atoms with van der Waals surface area (Å²) in [6, 6.07) is 12.6. The van der Waals surface area contributed by atoms with Gasteiger partial charge in [-0.15, -0.1) is 0 Å². The fraction of sp³-hybridized carbons (Fsp3) is 0.143. The van der Waals surface area contributed by atoms with Gasteiger partial charge >= 0.3 is 0 Å². The minimum Gasteiger partial charge on any atom is -0.504 e. The molecule has 2 aromatic carbocycles. The number of rotatable bonds is 0. The van der Waals surface area contributed by atoms with Crippen molar-refractivity contribution >= 4 is 0 Å². The molecule has 0 spiro atoms. The Morgan fingerprint density at radius 2 is 1.76 bits per heavy atom. The van der Waals surface area contributed by atoms with Gasteiger partial charge in [-0.2, -0.15) is 0 Å². The van der Waals surface area contributed by atoms with E-state index >= 15 is 0 Å². The Labute approximate surface area is 98.9 Å². The number of fused-ring (bicyclic) bond motifs is 2. The first-order chi connectivity index (χ1) is 8.27. The summed E-state index contributed by atoms with van der Waals surface area (Å²) in [5, 5.41) is 20.1. The Hall–Kier alpha value is -2.00. The molecule has 0 saturated carbocycles. The molecular weight excluding hydrogens is 216 g/mol. The van der Waals surface area contributed by atoms with Crippen molar-refractivity contribution in [3.05, 3.63) is 59.2 Å². The van der Waals surface area contributed by atoms with Crippen LogP contribution in [0.4, 0.5) is 0 Å². The number of ether oxygens (including phenoxy) is 1. The van der Waals surface area contributed by atoms with Gasteiger partial charge in [-0.1, -0.05) is 36.4 Å². The zero-order valence-electron chi connectivity index (χ0n) is 9.13. The van der Waals surface area contributed by atoms with Gasteiger partial charge < -0.3 is 14.9 Å². The number of aliphatic hydroxyl groups excluding tert-OH is 1. The van der Waals surface area contributed by atoms with Gasteiger partial charge in [0.2, 0.25) is 0 Å². The summed E-state index contributed by atoms with van der Waals surface area (Å²) in [5.74, 6) is 0.436. The highest BCUT2D eigenvalue weighted by atomic mass is 16.5. The van der Waals surface area contributed by atoms with Crippen LogP contribution in [0.2, 0.25) is 0 Å². The SMILES string of the molecule is Oc1cccc2c1OCc1ccccc1C2O. The zero-order valence-corrected chi connectivity index (χ0v) is 9.13. The second-order valence-corrected chi connectivity index (χ2v) is 4.09. The summed E-state index contributed by atoms with van der Waals surface area (Å²) in [6.07, 6.45) is -0.754. The van der Waals surface area contributed by atoms with Crippen LogP contribution in [0.1, 0.15) is 22.8 Å². The van der Waals surface area contributed by atoms with Gasteiger partial charge in [0.25, 0.3) is 0 Å². The number of phenols is 1. The first-order valence-corrected chi connectivity index (χ1v) is 5.48. The van der Waals surface area contributed by atoms with E-state index < -0.39 is 6.10 Å². The Morgan fingerprint density at radius 3 is 2.65 bits per heavy atom. The van der Waals surface area contributed by atoms with Crippen molar-refractivity contribution < 1.29 is 14.9 Å². The maximum Gasteiger partial charge on any atom is 0.167 e. The maximum atomic E-state index is 10.3. The Morgan fingerprint density at radius 1 is 1.00 bits per heavy atom. The number of phenolic OH excluding ortho intramolecular Hbond substituents is 1. The van der Waals surface area contributed by atoms with Crippen LogP contribution in [0, 0.1) is 0 Å². The first kappa shape index (κ1) is 10.2. The van der Waals surface area contributed by atoms with Crippen LogP contribution in [0.15, 0.2) is 42.5 Å². The van der Waals surface area contributed by atoms with Gasteiger partial charge in [0.1, 0.15) is 12.7 Å². The van der Waals surface area contributed by atoms with Gasteiger partial charge in [-0.25, -0.2) is 0 Å². The van der Waals surface area contributed by atoms with Crippen LogP contribution in [0.5, 0.6) is 11.5 Å². The van der Waals surface area contributed by atoms with E-state index in [-0.39, 0.29) is 5.75 Å². The van der Waals surface area contributed by atoms with Gasteiger partial charge in [0.05, 0.1) is 0 Å². The summed E-state index contributed by atoms with van der Waals surface area (Å²) in [4.78, 5) is 0. The van der Waals surface area contributed by atoms with Crippen LogP contribution in [-0.2, 0) is 6.61 Å². The molecule has 0 fully saturated rings. The molecule has 86 valence electrons. The molecule has 1 aliphatic rings. The van der Waals surface area contributed by atoms with Crippen molar-refractivity contribution in [2.75, 3.05) is 0 Å². The van der Waals surface area contributed by atoms with Crippen LogP contribution < -0.4 is 4.74 Å². The minimum absolute atomic E-state index is 0.0642. The van der Waals surface area contributed by atoms with E-state index in [1.54, 1.807) is 18.2 Å². The summed E-state index contributed by atoms with van der Waals surface area (Å²) >= 11 is 0. The summed E-state index contributed by atoms with van der Waals surface area (Å²) < 4.78 is 5.57. The van der Waals surface area contributed by atoms with Gasteiger partial charge in [0, 0.05) is 5.56 Å². The average Bonchev–Trinajstić information content (AvgIpc) is 2.50. The quantitative estimate of drug-likeness (QED) is 0.727. The number of benzene rings is 2. The van der Waals surface area contributed by atoms with E-state index in [2.05, 4.69) is 0 Å². The van der Waals surface area contributed by atoms with Crippen LogP contribution in [-0.4, -0.2) is 10.2 Å². The van der Waals surface area contributed by atoms with Gasteiger partial charge in [0.15, 0.2) is 11.5 Å². The molecule has 2 aromatic rings. The maximum absolute atomic E-state index is 10.3. The first-order valence-electron chi connectivity index (χ1n) is 5.48. The van der Waals surface area contributed by atoms with Crippen LogP contribution >= 0.6 is 0 Å². The topological polar surface area (TPSA) is 49.7 Å². The van der Waals surface area contributed by atoms with Crippen molar-refractivity contribution in [3.8, 4) is 11.5 Å². The highest BCUT2D eigenvalue weighted by Gasteiger charge is 2.24. The predicted molar refractivity (Wildman–Crippen MR) is 62.9 cm³/mol. The Kier molecular flexibility index (Phi) is 2.27. The number of para-hydroxylation sites is 1. The number of aromatic hydroxyl groups is 1. The van der Waals surface area contributed by atoms with Gasteiger partial charge in [-0.3, -0.25) is 0 Å². The zero-order chi connectivity index (χ0) is 11.8. The molecule has 0 amide bonds. The lowest BCUT2D eigenvalue weighted by molar-refractivity contribution is 0.217. The van der Waals surface area contributed by atoms with Crippen LogP contribution in [0.25, 0.3) is 0 Å². The highest BCUT2D eigenvalue weighted by molar-refractivity contribution is 5.51. The standard InChI is InChI=1S/C14H12O3/c15-12-7-3-6-11-13(16)10-5-2-1-4-9(10)8-17-14(11)12/h1-7,13,15-16H,8H2. The van der Waals surface area contributed by atoms with Crippen LogP contribution in [0.3, 0.4) is 0 Å². The normalized spacial score (nSPS) is 17.6. The second kappa shape index (κ2) is 3.79. The molecule has 1 atom stereocenters. The molecule has 17 heavy (non-hydrogen) atoms. The molecule has 0 radical (unpaired) electrons. The van der Waals surface area contributed by atoms with Crippen molar-refractivity contribution in [2.24, 2.45) is 0 Å². The lowest BCUT2D eigenvalue weighted by atomic mass is 9.97. The smallest absolute Gasteiger partial charge is 0.167 e. The van der Waals surface area contributed by atoms with Crippen molar-refractivity contribution in [2.45, 2.75) is 12.7 Å². The van der Waals surface area contributed by atoms with E-state index in [0.29, 0.717) is 17.9 Å². The second-order valence-electron chi connectivity index (χ2n) is 4.09. The third-order valence-corrected chi connectivity index (χ3v) is 3.04. The van der Waals surface area contributed by atoms with E-state index in [4.69, 9.17) is 4.74 Å². The number of hydrogen-bond acceptors (Lipinski definition) is 3. The molecule has 0 bridgehead atoms. The molecule has 0 aliphatic carbocycles. The van der Waals surface area contributed by atoms with E-state index in [1.807, 2.05) is 24.3 Å². The molecule has 0 aromatic heterocycles. The lowest BCUT2D eigenvalue weighted by Gasteiger charge is -2.13. The Bertz CT molecular complexity index is 563. The summed E-state index contributed by atoms with van der Waals surface area (Å²) in [7, 11) is 0. The van der Waals surface area contributed by atoms with E-state index in [1.165, 1.54) is 0 Å². The molecule has 1 unspecified atom stereocenters. The average molecular weight is 228 g/mol. The van der Waals surface area contributed by atoms with Crippen molar-refractivity contribution in [3.63, 3.8) is 0 Å². The molecule has 1 aliphatic heterocycles. The summed E-state index contributed by atoms with van der Waals surface area (Å²) in [6.45, 7) is 0.359. The largest absolute Gasteiger partial charge is 0.504 e. The predicted octanol–water partition coefficient (Wildman–Crippen LogP) is 2.37. The highest BCUT2D eigenvalue weighted by Crippen LogP contribution is 2.40. The number of aliphatic hydroxyl groups is 1. The molecule has 2 N–H and O–H groups in total. The molecular formula is C14H12O3. The third kappa shape index (κ3) is 1.56. The lowest BCUT2D eigenvalue weighted by Crippen LogP contribution is -2.00. The van der Waals surface area contributed by atoms with Crippen molar-refractivity contribution in [1.82, 2.24) is 0 Å². The molecule has 0 saturated heterocycles. The molecule has 3 heteroatoms. The van der Waals surface area contributed by atoms with E-state index in [0.717, 1.165) is 11.1 Å². The van der Waals surface area contributed by atoms with Crippen molar-refractivity contribution in [1.29, 1.82) is 0 Å². The molecule has 3 nitrogen and oxygen atoms in total. The van der Waals surface area contributed by atoms with Gasteiger partial charge in [-0.05, 0) is 17.2 Å². The molecule has 3 rings (SSSR count). The monoisotopic (exact) mass is 228 g/mol. The fourth-order valence-corrected chi connectivity index (χ4v) is 2.16. The third-order valence-electron chi connectivity index (χ3n) is 3.04. The Balaban J connectivity index is 2.20. The molecule has 1 heterocycles. The fourth-order valence-electron chi connectivity index (χ4n) is 2.16. The van der Waals surface area contributed by atoms with E-state index in [9.17, 15) is 10.2 Å². The number of hydrogen-bond donors (Lipinski definition) is 2. The minimum atomic E-state index is -0.754.